The minimum absolute atomic E-state index is 0.0795. The number of para-hydroxylation sites is 1. The highest BCUT2D eigenvalue weighted by molar-refractivity contribution is 7.89. The first-order valence-corrected chi connectivity index (χ1v) is 12.9. The maximum absolute atomic E-state index is 12.9. The number of hydrogen-bond donors (Lipinski definition) is 1. The Balaban J connectivity index is 1.34. The van der Waals surface area contributed by atoms with Crippen LogP contribution in [0.5, 0.6) is 0 Å². The Morgan fingerprint density at radius 2 is 1.67 bits per heavy atom. The number of hydrogen-bond acceptors (Lipinski definition) is 4. The zero-order valence-corrected chi connectivity index (χ0v) is 19.5. The number of nitrogens with zero attached hydrogens (tertiary/aromatic N) is 3. The lowest BCUT2D eigenvalue weighted by atomic mass is 10.1. The Morgan fingerprint density at radius 3 is 2.36 bits per heavy atom. The van der Waals surface area contributed by atoms with Gasteiger partial charge in [0.05, 0.1) is 11.4 Å². The molecule has 1 aliphatic rings. The van der Waals surface area contributed by atoms with Crippen molar-refractivity contribution in [1.29, 1.82) is 0 Å². The van der Waals surface area contributed by atoms with Gasteiger partial charge in [-0.25, -0.2) is 8.42 Å². The first kappa shape index (κ1) is 23.2. The molecule has 1 amide bonds. The van der Waals surface area contributed by atoms with E-state index in [0.29, 0.717) is 37.4 Å². The molecule has 0 aliphatic carbocycles. The fraction of sp³-hybridized carbons (Fsp3) is 0.360. The first-order valence-electron chi connectivity index (χ1n) is 11.5. The van der Waals surface area contributed by atoms with E-state index < -0.39 is 10.0 Å². The predicted molar refractivity (Wildman–Crippen MR) is 128 cm³/mol. The number of aromatic nitrogens is 2. The second-order valence-corrected chi connectivity index (χ2v) is 10.3. The molecule has 0 radical (unpaired) electrons. The predicted octanol–water partition coefficient (Wildman–Crippen LogP) is 4.07. The summed E-state index contributed by atoms with van der Waals surface area (Å²) in [7, 11) is -3.45. The van der Waals surface area contributed by atoms with Crippen LogP contribution < -0.4 is 5.32 Å². The number of rotatable bonds is 8. The lowest BCUT2D eigenvalue weighted by Gasteiger charge is -2.20. The topological polar surface area (TPSA) is 84.3 Å². The van der Waals surface area contributed by atoms with Gasteiger partial charge in [0.15, 0.2) is 0 Å². The molecular weight excluding hydrogens is 436 g/mol. The van der Waals surface area contributed by atoms with Crippen LogP contribution >= 0.6 is 0 Å². The van der Waals surface area contributed by atoms with Crippen molar-refractivity contribution < 1.29 is 13.2 Å². The van der Waals surface area contributed by atoms with Crippen LogP contribution in [-0.4, -0.2) is 41.5 Å². The van der Waals surface area contributed by atoms with E-state index in [-0.39, 0.29) is 5.91 Å². The molecule has 0 atom stereocenters. The van der Waals surface area contributed by atoms with E-state index in [1.54, 1.807) is 22.6 Å². The van der Waals surface area contributed by atoms with Crippen molar-refractivity contribution in [3.05, 3.63) is 78.1 Å². The molecular formula is C25H30N4O3S. The molecule has 174 valence electrons. The Labute approximate surface area is 195 Å². The van der Waals surface area contributed by atoms with Crippen molar-refractivity contribution >= 4 is 21.6 Å². The molecule has 1 fully saturated rings. The van der Waals surface area contributed by atoms with Gasteiger partial charge in [-0.15, -0.1) is 0 Å². The Kier molecular flexibility index (Phi) is 7.57. The fourth-order valence-corrected chi connectivity index (χ4v) is 5.60. The monoisotopic (exact) mass is 466 g/mol. The second-order valence-electron chi connectivity index (χ2n) is 8.37. The average molecular weight is 467 g/mol. The van der Waals surface area contributed by atoms with Gasteiger partial charge in [-0.2, -0.15) is 9.40 Å². The Morgan fingerprint density at radius 1 is 0.939 bits per heavy atom. The summed E-state index contributed by atoms with van der Waals surface area (Å²) in [6, 6.07) is 16.5. The van der Waals surface area contributed by atoms with Crippen molar-refractivity contribution in [2.45, 2.75) is 50.0 Å². The molecule has 1 N–H and O–H groups in total. The Bertz CT molecular complexity index is 1150. The molecule has 1 aliphatic heterocycles. The minimum Gasteiger partial charge on any atom is -0.326 e. The number of nitrogens with one attached hydrogen (secondary N) is 1. The third-order valence-electron chi connectivity index (χ3n) is 5.95. The van der Waals surface area contributed by atoms with Crippen molar-refractivity contribution in [2.24, 2.45) is 0 Å². The number of amides is 1. The number of carbonyl (C=O) groups is 1. The van der Waals surface area contributed by atoms with Gasteiger partial charge in [0.2, 0.25) is 15.9 Å². The van der Waals surface area contributed by atoms with Gasteiger partial charge in [0, 0.05) is 37.6 Å². The van der Waals surface area contributed by atoms with Crippen molar-refractivity contribution in [3.63, 3.8) is 0 Å². The lowest BCUT2D eigenvalue weighted by Crippen LogP contribution is -2.31. The molecule has 0 unspecified atom stereocenters. The second kappa shape index (κ2) is 10.8. The highest BCUT2D eigenvalue weighted by atomic mass is 32.2. The summed E-state index contributed by atoms with van der Waals surface area (Å²) in [6.45, 7) is 1.76. The van der Waals surface area contributed by atoms with E-state index >= 15 is 0 Å². The summed E-state index contributed by atoms with van der Waals surface area (Å²) in [6.07, 6.45) is 8.46. The molecule has 0 saturated carbocycles. The van der Waals surface area contributed by atoms with Gasteiger partial charge in [-0.3, -0.25) is 9.48 Å². The first-order chi connectivity index (χ1) is 16.0. The maximum atomic E-state index is 12.9. The van der Waals surface area contributed by atoms with Crippen LogP contribution in [0.15, 0.2) is 71.9 Å². The molecule has 0 spiro atoms. The quantitative estimate of drug-likeness (QED) is 0.542. The number of anilines is 1. The van der Waals surface area contributed by atoms with Gasteiger partial charge in [-0.1, -0.05) is 43.2 Å². The zero-order valence-electron chi connectivity index (χ0n) is 18.7. The zero-order chi connectivity index (χ0) is 23.1. The molecule has 7 nitrogen and oxygen atoms in total. The summed E-state index contributed by atoms with van der Waals surface area (Å²) >= 11 is 0. The van der Waals surface area contributed by atoms with E-state index in [9.17, 15) is 13.2 Å². The average Bonchev–Trinajstić information content (AvgIpc) is 3.17. The molecule has 3 aromatic rings. The molecule has 2 heterocycles. The van der Waals surface area contributed by atoms with Gasteiger partial charge in [0.1, 0.15) is 0 Å². The normalized spacial score (nSPS) is 15.2. The van der Waals surface area contributed by atoms with Crippen LogP contribution in [0.3, 0.4) is 0 Å². The van der Waals surface area contributed by atoms with E-state index in [4.69, 9.17) is 0 Å². The van der Waals surface area contributed by atoms with E-state index in [0.717, 1.165) is 42.5 Å². The maximum Gasteiger partial charge on any atom is 0.243 e. The highest BCUT2D eigenvalue weighted by Crippen LogP contribution is 2.21. The van der Waals surface area contributed by atoms with Gasteiger partial charge in [0.25, 0.3) is 0 Å². The van der Waals surface area contributed by atoms with Crippen LogP contribution in [0.1, 0.15) is 43.2 Å². The lowest BCUT2D eigenvalue weighted by molar-refractivity contribution is -0.116. The third kappa shape index (κ3) is 6.09. The molecule has 1 aromatic heterocycles. The molecule has 33 heavy (non-hydrogen) atoms. The molecule has 2 aromatic carbocycles. The van der Waals surface area contributed by atoms with E-state index in [2.05, 4.69) is 10.4 Å². The third-order valence-corrected chi connectivity index (χ3v) is 7.86. The minimum atomic E-state index is -3.45. The highest BCUT2D eigenvalue weighted by Gasteiger charge is 2.24. The molecule has 8 heteroatoms. The molecule has 0 bridgehead atoms. The summed E-state index contributed by atoms with van der Waals surface area (Å²) in [5.41, 5.74) is 2.69. The smallest absolute Gasteiger partial charge is 0.243 e. The standard InChI is InChI=1S/C25H30N4O3S/c30-25(27-24-9-4-3-8-22(24)20-28-17-7-16-26-28)15-12-21-10-13-23(14-11-21)33(31,32)29-18-5-1-2-6-19-29/h3-4,7-11,13-14,16-17H,1-2,5-6,12,15,18-20H2,(H,27,30). The van der Waals surface area contributed by atoms with Crippen LogP contribution in [-0.2, 0) is 27.8 Å². The largest absolute Gasteiger partial charge is 0.326 e. The molecule has 4 rings (SSSR count). The van der Waals surface area contributed by atoms with Crippen molar-refractivity contribution in [3.8, 4) is 0 Å². The van der Waals surface area contributed by atoms with Crippen molar-refractivity contribution in [2.75, 3.05) is 18.4 Å². The number of carbonyl (C=O) groups excluding carboxylic acids is 1. The molecule has 1 saturated heterocycles. The number of benzene rings is 2. The fourth-order valence-electron chi connectivity index (χ4n) is 4.08. The van der Waals surface area contributed by atoms with Crippen LogP contribution in [0.2, 0.25) is 0 Å². The summed E-state index contributed by atoms with van der Waals surface area (Å²) in [4.78, 5) is 12.9. The summed E-state index contributed by atoms with van der Waals surface area (Å²) in [5, 5.41) is 7.22. The van der Waals surface area contributed by atoms with E-state index in [1.165, 1.54) is 0 Å². The van der Waals surface area contributed by atoms with Crippen LogP contribution in [0.4, 0.5) is 5.69 Å². The van der Waals surface area contributed by atoms with E-state index in [1.807, 2.05) is 53.3 Å². The van der Waals surface area contributed by atoms with Gasteiger partial charge >= 0.3 is 0 Å². The van der Waals surface area contributed by atoms with Crippen LogP contribution in [0, 0.1) is 0 Å². The van der Waals surface area contributed by atoms with Gasteiger partial charge in [-0.05, 0) is 54.7 Å². The van der Waals surface area contributed by atoms with Gasteiger partial charge < -0.3 is 5.32 Å². The van der Waals surface area contributed by atoms with Crippen LogP contribution in [0.25, 0.3) is 0 Å². The summed E-state index contributed by atoms with van der Waals surface area (Å²) < 4.78 is 29.3. The number of aryl methyl sites for hydroxylation is 1. The SMILES string of the molecule is O=C(CCc1ccc(S(=O)(=O)N2CCCCCC2)cc1)Nc1ccccc1Cn1cccn1. The Hall–Kier alpha value is -2.97. The number of sulfonamides is 1. The summed E-state index contributed by atoms with van der Waals surface area (Å²) in [5.74, 6) is -0.0795. The van der Waals surface area contributed by atoms with Crippen molar-refractivity contribution in [1.82, 2.24) is 14.1 Å².